The highest BCUT2D eigenvalue weighted by atomic mass is 31.1. The van der Waals surface area contributed by atoms with Crippen LogP contribution >= 0.6 is 7.92 Å². The highest BCUT2D eigenvalue weighted by Gasteiger charge is 2.04. The number of hydrogen-bond acceptors (Lipinski definition) is 0. The molecule has 0 atom stereocenters. The SMILES string of the molecule is C(=[C-]P(c1ccccc1)c1ccccc1)=C(c1ccccc1)c1ccccc1. The van der Waals surface area contributed by atoms with Crippen molar-refractivity contribution in [2.45, 2.75) is 0 Å². The molecular weight excluding hydrogens is 355 g/mol. The Bertz CT molecular complexity index is 981. The van der Waals surface area contributed by atoms with Gasteiger partial charge in [0, 0.05) is 0 Å². The van der Waals surface area contributed by atoms with Crippen LogP contribution in [-0.2, 0) is 0 Å². The van der Waals surface area contributed by atoms with E-state index in [4.69, 9.17) is 0 Å². The van der Waals surface area contributed by atoms with Crippen LogP contribution < -0.4 is 10.6 Å². The molecule has 0 radical (unpaired) electrons. The predicted molar refractivity (Wildman–Crippen MR) is 121 cm³/mol. The smallest absolute Gasteiger partial charge is 0.0332 e. The highest BCUT2D eigenvalue weighted by Crippen LogP contribution is 2.34. The van der Waals surface area contributed by atoms with Crippen molar-refractivity contribution in [2.75, 3.05) is 0 Å². The molecule has 0 amide bonds. The second kappa shape index (κ2) is 9.16. The monoisotopic (exact) mass is 375 g/mol. The molecule has 0 spiro atoms. The average molecular weight is 375 g/mol. The molecule has 0 aliphatic carbocycles. The number of hydrogen-bond donors (Lipinski definition) is 0. The van der Waals surface area contributed by atoms with Crippen LogP contribution in [0.3, 0.4) is 0 Å². The van der Waals surface area contributed by atoms with Gasteiger partial charge in [-0.2, -0.15) is 5.82 Å². The molecule has 0 heterocycles. The maximum atomic E-state index is 3.63. The van der Waals surface area contributed by atoms with E-state index in [1.807, 2.05) is 12.1 Å². The Morgan fingerprint density at radius 2 is 0.857 bits per heavy atom. The maximum absolute atomic E-state index is 3.63. The van der Waals surface area contributed by atoms with Gasteiger partial charge < -0.3 is 5.73 Å². The Morgan fingerprint density at radius 1 is 0.500 bits per heavy atom. The fraction of sp³-hybridized carbons (Fsp3) is 0. The largest absolute Gasteiger partial charge is 0.317 e. The van der Waals surface area contributed by atoms with Crippen molar-refractivity contribution in [2.24, 2.45) is 0 Å². The van der Waals surface area contributed by atoms with E-state index in [9.17, 15) is 0 Å². The van der Waals surface area contributed by atoms with E-state index in [1.165, 1.54) is 10.6 Å². The van der Waals surface area contributed by atoms with Crippen LogP contribution in [0.2, 0.25) is 0 Å². The Hall–Kier alpha value is -3.17. The zero-order chi connectivity index (χ0) is 19.0. The van der Waals surface area contributed by atoms with E-state index in [-0.39, 0.29) is 0 Å². The van der Waals surface area contributed by atoms with Crippen molar-refractivity contribution < 1.29 is 0 Å². The van der Waals surface area contributed by atoms with Crippen molar-refractivity contribution >= 4 is 24.1 Å². The molecule has 4 rings (SSSR count). The van der Waals surface area contributed by atoms with Crippen molar-refractivity contribution in [1.29, 1.82) is 0 Å². The van der Waals surface area contributed by atoms with E-state index in [0.717, 1.165) is 16.7 Å². The first-order chi connectivity index (χ1) is 13.9. The molecule has 0 N–H and O–H groups in total. The predicted octanol–water partition coefficient (Wildman–Crippen LogP) is 6.17. The van der Waals surface area contributed by atoms with Crippen LogP contribution in [0.5, 0.6) is 0 Å². The fourth-order valence-electron chi connectivity index (χ4n) is 3.06. The summed E-state index contributed by atoms with van der Waals surface area (Å²) in [6, 6.07) is 42.1. The molecule has 4 aromatic carbocycles. The Kier molecular flexibility index (Phi) is 5.95. The van der Waals surface area contributed by atoms with E-state index >= 15 is 0 Å². The van der Waals surface area contributed by atoms with Gasteiger partial charge in [-0.1, -0.05) is 132 Å². The van der Waals surface area contributed by atoms with Crippen molar-refractivity contribution in [3.8, 4) is 0 Å². The van der Waals surface area contributed by atoms with Gasteiger partial charge in [0.15, 0.2) is 0 Å². The molecule has 0 aliphatic rings. The quantitative estimate of drug-likeness (QED) is 0.222. The van der Waals surface area contributed by atoms with Gasteiger partial charge >= 0.3 is 0 Å². The molecule has 0 fully saturated rings. The van der Waals surface area contributed by atoms with E-state index in [1.54, 1.807) is 0 Å². The molecule has 134 valence electrons. The van der Waals surface area contributed by atoms with Crippen LogP contribution in [0.4, 0.5) is 0 Å². The summed E-state index contributed by atoms with van der Waals surface area (Å²) in [6.45, 7) is 0. The average Bonchev–Trinajstić information content (AvgIpc) is 2.79. The van der Waals surface area contributed by atoms with E-state index in [2.05, 4.69) is 121 Å². The lowest BCUT2D eigenvalue weighted by atomic mass is 9.99. The number of rotatable bonds is 5. The summed E-state index contributed by atoms with van der Waals surface area (Å²) in [4.78, 5) is 0. The van der Waals surface area contributed by atoms with Crippen LogP contribution in [0.25, 0.3) is 5.57 Å². The third-order valence-corrected chi connectivity index (χ3v) is 6.41. The summed E-state index contributed by atoms with van der Waals surface area (Å²) in [5.74, 6) is 3.63. The summed E-state index contributed by atoms with van der Waals surface area (Å²) in [5, 5.41) is 2.55. The molecule has 0 unspecified atom stereocenters. The van der Waals surface area contributed by atoms with Gasteiger partial charge in [0.05, 0.1) is 0 Å². The maximum Gasteiger partial charge on any atom is -0.0332 e. The van der Waals surface area contributed by atoms with Gasteiger partial charge in [-0.25, -0.2) is 0 Å². The first-order valence-corrected chi connectivity index (χ1v) is 10.7. The van der Waals surface area contributed by atoms with Crippen LogP contribution in [0, 0.1) is 5.82 Å². The topological polar surface area (TPSA) is 0 Å². The Balaban J connectivity index is 1.87. The van der Waals surface area contributed by atoms with Gasteiger partial charge in [0.25, 0.3) is 0 Å². The third kappa shape index (κ3) is 4.38. The van der Waals surface area contributed by atoms with Crippen molar-refractivity contribution in [1.82, 2.24) is 0 Å². The molecule has 4 aromatic rings. The van der Waals surface area contributed by atoms with Crippen molar-refractivity contribution in [3.63, 3.8) is 0 Å². The molecule has 28 heavy (non-hydrogen) atoms. The fourth-order valence-corrected chi connectivity index (χ4v) is 4.79. The van der Waals surface area contributed by atoms with Gasteiger partial charge in [-0.15, -0.1) is 13.5 Å². The molecule has 0 nitrogen and oxygen atoms in total. The molecule has 0 saturated carbocycles. The second-order valence-electron chi connectivity index (χ2n) is 6.35. The van der Waals surface area contributed by atoms with Crippen LogP contribution in [0.15, 0.2) is 127 Å². The lowest BCUT2D eigenvalue weighted by Gasteiger charge is -2.20. The molecule has 0 saturated heterocycles. The summed E-state index contributed by atoms with van der Waals surface area (Å²) in [6.07, 6.45) is 0. The second-order valence-corrected chi connectivity index (χ2v) is 8.28. The lowest BCUT2D eigenvalue weighted by Crippen LogP contribution is -2.09. The molecule has 1 heteroatoms. The van der Waals surface area contributed by atoms with Gasteiger partial charge in [-0.3, -0.25) is 0 Å². The zero-order valence-electron chi connectivity index (χ0n) is 15.5. The third-order valence-electron chi connectivity index (χ3n) is 4.45. The summed E-state index contributed by atoms with van der Waals surface area (Å²) in [7, 11) is -0.746. The summed E-state index contributed by atoms with van der Waals surface area (Å²) < 4.78 is 0. The Morgan fingerprint density at radius 3 is 1.25 bits per heavy atom. The van der Waals surface area contributed by atoms with Gasteiger partial charge in [-0.05, 0) is 10.6 Å². The van der Waals surface area contributed by atoms with Crippen molar-refractivity contribution in [3.05, 3.63) is 144 Å². The first-order valence-electron chi connectivity index (χ1n) is 9.31. The molecule has 0 aromatic heterocycles. The minimum Gasteiger partial charge on any atom is -0.317 e. The van der Waals surface area contributed by atoms with Crippen LogP contribution in [0.1, 0.15) is 11.1 Å². The highest BCUT2D eigenvalue weighted by molar-refractivity contribution is 7.74. The van der Waals surface area contributed by atoms with Gasteiger partial charge in [0.2, 0.25) is 0 Å². The lowest BCUT2D eigenvalue weighted by molar-refractivity contribution is 1.55. The van der Waals surface area contributed by atoms with Gasteiger partial charge in [0.1, 0.15) is 0 Å². The zero-order valence-corrected chi connectivity index (χ0v) is 16.4. The van der Waals surface area contributed by atoms with E-state index < -0.39 is 7.92 Å². The standard InChI is InChI=1S/C27H20P/c1-5-13-23(14-6-1)27(24-15-7-2-8-16-24)21-22-28(25-17-9-3-10-18-25)26-19-11-4-12-20-26/h1-20H/q-1. The minimum absolute atomic E-state index is 0.746. The molecule has 0 bridgehead atoms. The molecule has 0 aliphatic heterocycles. The first kappa shape index (κ1) is 18.2. The normalized spacial score (nSPS) is 10.3. The summed E-state index contributed by atoms with van der Waals surface area (Å²) >= 11 is 0. The Labute approximate surface area is 168 Å². The van der Waals surface area contributed by atoms with E-state index in [0.29, 0.717) is 0 Å². The van der Waals surface area contributed by atoms with Crippen LogP contribution in [-0.4, -0.2) is 0 Å². The summed E-state index contributed by atoms with van der Waals surface area (Å²) in [5.41, 5.74) is 6.92. The minimum atomic E-state index is -0.746. The molecular formula is C27H20P-. The number of benzene rings is 4.